The number of nitrogens with zero attached hydrogens (tertiary/aromatic N) is 2. The second-order valence-electron chi connectivity index (χ2n) is 10.3. The molecule has 29 heavy (non-hydrogen) atoms. The average molecular weight is 419 g/mol. The van der Waals surface area contributed by atoms with Crippen LogP contribution in [0.25, 0.3) is 0 Å². The number of piperazine rings is 1. The maximum absolute atomic E-state index is 10.6. The van der Waals surface area contributed by atoms with Crippen molar-refractivity contribution in [1.82, 2.24) is 9.80 Å². The molecule has 160 valence electrons. The van der Waals surface area contributed by atoms with E-state index < -0.39 is 0 Å². The molecule has 1 atom stereocenters. The Bertz CT molecular complexity index is 651. The van der Waals surface area contributed by atoms with Gasteiger partial charge in [0.25, 0.3) is 0 Å². The molecule has 1 aromatic rings. The predicted octanol–water partition coefficient (Wildman–Crippen LogP) is 3.80. The molecular formula is C24H35ClN2O2. The van der Waals surface area contributed by atoms with Gasteiger partial charge in [0.15, 0.2) is 0 Å². The van der Waals surface area contributed by atoms with E-state index in [-0.39, 0.29) is 11.7 Å². The van der Waals surface area contributed by atoms with Crippen LogP contribution in [0.2, 0.25) is 5.02 Å². The second kappa shape index (κ2) is 8.47. The van der Waals surface area contributed by atoms with E-state index in [1.54, 1.807) is 0 Å². The van der Waals surface area contributed by atoms with Crippen molar-refractivity contribution in [3.8, 4) is 0 Å². The first-order valence-electron chi connectivity index (χ1n) is 11.6. The van der Waals surface area contributed by atoms with Gasteiger partial charge < -0.3 is 9.84 Å². The molecule has 1 N–H and O–H groups in total. The number of aliphatic hydroxyl groups is 1. The maximum Gasteiger partial charge on any atom is 0.0900 e. The quantitative estimate of drug-likeness (QED) is 0.730. The van der Waals surface area contributed by atoms with Gasteiger partial charge in [-0.2, -0.15) is 0 Å². The highest BCUT2D eigenvalue weighted by Gasteiger charge is 2.51. The van der Waals surface area contributed by atoms with Crippen LogP contribution in [-0.2, 0) is 11.3 Å². The molecule has 4 aliphatic carbocycles. The lowest BCUT2D eigenvalue weighted by atomic mass is 9.54. The van der Waals surface area contributed by atoms with E-state index in [1.807, 2.05) is 12.1 Å². The van der Waals surface area contributed by atoms with Gasteiger partial charge >= 0.3 is 0 Å². The first-order valence-corrected chi connectivity index (χ1v) is 11.9. The Kier molecular flexibility index (Phi) is 5.92. The average Bonchev–Trinajstić information content (AvgIpc) is 2.69. The Morgan fingerprint density at radius 2 is 1.48 bits per heavy atom. The van der Waals surface area contributed by atoms with E-state index >= 15 is 0 Å². The molecule has 1 saturated heterocycles. The first kappa shape index (κ1) is 20.3. The normalized spacial score (nSPS) is 35.9. The van der Waals surface area contributed by atoms with Crippen molar-refractivity contribution < 1.29 is 9.84 Å². The predicted molar refractivity (Wildman–Crippen MR) is 116 cm³/mol. The van der Waals surface area contributed by atoms with Gasteiger partial charge in [-0.25, -0.2) is 0 Å². The molecule has 5 heteroatoms. The highest BCUT2D eigenvalue weighted by atomic mass is 35.5. The lowest BCUT2D eigenvalue weighted by molar-refractivity contribution is -0.176. The van der Waals surface area contributed by atoms with Crippen molar-refractivity contribution in [2.24, 2.45) is 17.8 Å². The number of aliphatic hydroxyl groups excluding tert-OH is 1. The fourth-order valence-electron chi connectivity index (χ4n) is 6.81. The Labute approximate surface area is 180 Å². The summed E-state index contributed by atoms with van der Waals surface area (Å²) in [4.78, 5) is 4.88. The summed E-state index contributed by atoms with van der Waals surface area (Å²) in [6, 6.07) is 8.15. The molecule has 0 amide bonds. The monoisotopic (exact) mass is 418 g/mol. The summed E-state index contributed by atoms with van der Waals surface area (Å²) in [6.07, 6.45) is 7.67. The molecule has 1 aliphatic heterocycles. The highest BCUT2D eigenvalue weighted by molar-refractivity contribution is 6.30. The number of benzene rings is 1. The van der Waals surface area contributed by atoms with Crippen LogP contribution in [0, 0.1) is 17.8 Å². The van der Waals surface area contributed by atoms with Gasteiger partial charge in [0.1, 0.15) is 0 Å². The van der Waals surface area contributed by atoms with Crippen LogP contribution in [0.5, 0.6) is 0 Å². The van der Waals surface area contributed by atoms with Gasteiger partial charge in [0, 0.05) is 44.3 Å². The van der Waals surface area contributed by atoms with Crippen LogP contribution in [0.15, 0.2) is 24.3 Å². The van der Waals surface area contributed by atoms with Crippen molar-refractivity contribution >= 4 is 11.6 Å². The van der Waals surface area contributed by atoms with E-state index in [0.717, 1.165) is 62.0 Å². The summed E-state index contributed by atoms with van der Waals surface area (Å²) < 4.78 is 6.46. The number of ether oxygens (including phenoxy) is 1. The molecule has 0 aromatic heterocycles. The fraction of sp³-hybridized carbons (Fsp3) is 0.750. The van der Waals surface area contributed by atoms with E-state index in [1.165, 1.54) is 44.1 Å². The number of hydrogen-bond donors (Lipinski definition) is 1. The maximum atomic E-state index is 10.6. The Morgan fingerprint density at radius 1 is 0.931 bits per heavy atom. The lowest BCUT2D eigenvalue weighted by Crippen LogP contribution is -2.53. The molecule has 4 saturated carbocycles. The number of rotatable bonds is 7. The summed E-state index contributed by atoms with van der Waals surface area (Å²) in [5, 5.41) is 11.4. The van der Waals surface area contributed by atoms with Gasteiger partial charge in [-0.15, -0.1) is 0 Å². The van der Waals surface area contributed by atoms with Crippen LogP contribution in [-0.4, -0.2) is 65.9 Å². The smallest absolute Gasteiger partial charge is 0.0900 e. The minimum absolute atomic E-state index is 0.104. The lowest BCUT2D eigenvalue weighted by Gasteiger charge is -2.56. The molecule has 0 radical (unpaired) electrons. The Balaban J connectivity index is 1.04. The van der Waals surface area contributed by atoms with Gasteiger partial charge in [-0.05, 0) is 74.0 Å². The van der Waals surface area contributed by atoms with Gasteiger partial charge in [-0.3, -0.25) is 9.80 Å². The third-order valence-electron chi connectivity index (χ3n) is 7.82. The molecule has 0 spiro atoms. The molecule has 0 unspecified atom stereocenters. The van der Waals surface area contributed by atoms with Crippen molar-refractivity contribution in [2.45, 2.75) is 56.8 Å². The van der Waals surface area contributed by atoms with Crippen LogP contribution in [0.1, 0.15) is 44.1 Å². The Hall–Kier alpha value is -0.650. The van der Waals surface area contributed by atoms with E-state index in [9.17, 15) is 5.11 Å². The highest BCUT2D eigenvalue weighted by Crippen LogP contribution is 2.57. The molecule has 1 aromatic carbocycles. The van der Waals surface area contributed by atoms with Crippen molar-refractivity contribution in [3.63, 3.8) is 0 Å². The topological polar surface area (TPSA) is 35.9 Å². The molecule has 6 rings (SSSR count). The minimum Gasteiger partial charge on any atom is -0.389 e. The summed E-state index contributed by atoms with van der Waals surface area (Å²) in [5.74, 6) is 2.69. The van der Waals surface area contributed by atoms with Crippen LogP contribution in [0.3, 0.4) is 0 Å². The molecule has 5 aliphatic rings. The summed E-state index contributed by atoms with van der Waals surface area (Å²) in [7, 11) is 0. The molecule has 1 heterocycles. The second-order valence-corrected chi connectivity index (χ2v) is 10.7. The van der Waals surface area contributed by atoms with Gasteiger partial charge in [-0.1, -0.05) is 23.7 Å². The Morgan fingerprint density at radius 3 is 2.07 bits per heavy atom. The summed E-state index contributed by atoms with van der Waals surface area (Å²) >= 11 is 5.98. The fourth-order valence-corrected chi connectivity index (χ4v) is 6.94. The summed E-state index contributed by atoms with van der Waals surface area (Å²) in [5.41, 5.74) is 1.42. The largest absolute Gasteiger partial charge is 0.389 e. The zero-order valence-corrected chi connectivity index (χ0v) is 18.2. The zero-order valence-electron chi connectivity index (χ0n) is 17.4. The van der Waals surface area contributed by atoms with Crippen molar-refractivity contribution in [2.75, 3.05) is 39.3 Å². The van der Waals surface area contributed by atoms with Crippen molar-refractivity contribution in [1.29, 1.82) is 0 Å². The number of halogens is 1. The number of β-amino-alcohol motifs (C(OH)–C–C–N with tert-alkyl or cyclic N) is 1. The number of hydrogen-bond acceptors (Lipinski definition) is 4. The van der Waals surface area contributed by atoms with E-state index in [0.29, 0.717) is 6.61 Å². The van der Waals surface area contributed by atoms with Crippen LogP contribution < -0.4 is 0 Å². The zero-order chi connectivity index (χ0) is 19.8. The first-order chi connectivity index (χ1) is 14.1. The van der Waals surface area contributed by atoms with Crippen LogP contribution >= 0.6 is 11.6 Å². The van der Waals surface area contributed by atoms with Gasteiger partial charge in [0.2, 0.25) is 0 Å². The summed E-state index contributed by atoms with van der Waals surface area (Å²) in [6.45, 7) is 6.35. The minimum atomic E-state index is -0.370. The molecule has 4 bridgehead atoms. The standard InChI is InChI=1S/C24H35ClN2O2/c25-22-3-1-18(2-4-22)15-26-5-7-27(8-6-26)16-23(28)17-29-24-12-19-9-20(13-24)11-21(10-19)14-24/h1-4,19-21,23,28H,5-17H2/t19?,20?,21?,23-,24?/m1/s1. The third kappa shape index (κ3) is 4.83. The third-order valence-corrected chi connectivity index (χ3v) is 8.07. The molecule has 5 fully saturated rings. The molecule has 4 nitrogen and oxygen atoms in total. The van der Waals surface area contributed by atoms with Crippen LogP contribution in [0.4, 0.5) is 0 Å². The van der Waals surface area contributed by atoms with E-state index in [4.69, 9.17) is 16.3 Å². The van der Waals surface area contributed by atoms with Crippen molar-refractivity contribution in [3.05, 3.63) is 34.9 Å². The van der Waals surface area contributed by atoms with E-state index in [2.05, 4.69) is 21.9 Å². The molecular weight excluding hydrogens is 384 g/mol. The SMILES string of the molecule is O[C@@H](COC12CC3CC(CC(C3)C1)C2)CN1CCN(Cc2ccc(Cl)cc2)CC1. The van der Waals surface area contributed by atoms with Gasteiger partial charge in [0.05, 0.1) is 18.3 Å².